The van der Waals surface area contributed by atoms with Gasteiger partial charge >= 0.3 is 0 Å². The molecule has 0 aliphatic carbocycles. The highest BCUT2D eigenvalue weighted by molar-refractivity contribution is 5.81. The lowest BCUT2D eigenvalue weighted by Crippen LogP contribution is -2.45. The normalized spacial score (nSPS) is 16.5. The molecule has 1 unspecified atom stereocenters. The van der Waals surface area contributed by atoms with Gasteiger partial charge in [-0.25, -0.2) is 0 Å². The molecule has 1 heterocycles. The third kappa shape index (κ3) is 5.23. The number of carbonyl (C=O) groups is 2. The Hall–Kier alpha value is -2.08. The number of likely N-dealkylation sites (N-methyl/N-ethyl adjacent to an activating group) is 1. The predicted octanol–water partition coefficient (Wildman–Crippen LogP) is 1.47. The summed E-state index contributed by atoms with van der Waals surface area (Å²) in [7, 11) is 0. The van der Waals surface area contributed by atoms with Crippen molar-refractivity contribution in [1.82, 2.24) is 15.5 Å². The van der Waals surface area contributed by atoms with Gasteiger partial charge in [0.05, 0.1) is 25.7 Å². The standard InChI is InChI=1S/C18H27N3O3/c1-4-21(11-17(22)19-13(2)3)12-18(23)20-15-9-10-24-16-8-6-5-7-14(15)16/h5-8,13,15H,4,9-12H2,1-3H3,(H,19,22)(H,20,23). The smallest absolute Gasteiger partial charge is 0.234 e. The van der Waals surface area contributed by atoms with Crippen molar-refractivity contribution in [3.63, 3.8) is 0 Å². The van der Waals surface area contributed by atoms with E-state index in [1.54, 1.807) is 0 Å². The van der Waals surface area contributed by atoms with Gasteiger partial charge < -0.3 is 15.4 Å². The van der Waals surface area contributed by atoms with E-state index in [1.807, 2.05) is 49.9 Å². The number of hydrogen-bond acceptors (Lipinski definition) is 4. The molecule has 0 aromatic heterocycles. The first-order chi connectivity index (χ1) is 11.5. The second kappa shape index (κ2) is 8.68. The number of ether oxygens (including phenoxy) is 1. The molecular formula is C18H27N3O3. The monoisotopic (exact) mass is 333 g/mol. The van der Waals surface area contributed by atoms with Crippen LogP contribution in [-0.4, -0.2) is 49.0 Å². The quantitative estimate of drug-likeness (QED) is 0.793. The minimum Gasteiger partial charge on any atom is -0.493 e. The van der Waals surface area contributed by atoms with Crippen molar-refractivity contribution in [3.05, 3.63) is 29.8 Å². The van der Waals surface area contributed by atoms with Crippen molar-refractivity contribution in [1.29, 1.82) is 0 Å². The molecule has 6 heteroatoms. The van der Waals surface area contributed by atoms with E-state index in [0.29, 0.717) is 13.2 Å². The van der Waals surface area contributed by atoms with Gasteiger partial charge in [-0.2, -0.15) is 0 Å². The Bertz CT molecular complexity index is 574. The van der Waals surface area contributed by atoms with E-state index in [1.165, 1.54) is 0 Å². The minimum atomic E-state index is -0.0732. The van der Waals surface area contributed by atoms with Crippen LogP contribution in [0.4, 0.5) is 0 Å². The number of nitrogens with zero attached hydrogens (tertiary/aromatic N) is 1. The Kier molecular flexibility index (Phi) is 6.61. The van der Waals surface area contributed by atoms with Gasteiger partial charge in [0.25, 0.3) is 0 Å². The van der Waals surface area contributed by atoms with Crippen LogP contribution in [0.25, 0.3) is 0 Å². The molecule has 6 nitrogen and oxygen atoms in total. The van der Waals surface area contributed by atoms with Crippen molar-refractivity contribution < 1.29 is 14.3 Å². The molecule has 0 bridgehead atoms. The molecular weight excluding hydrogens is 306 g/mol. The summed E-state index contributed by atoms with van der Waals surface area (Å²) in [5, 5.41) is 5.91. The minimum absolute atomic E-state index is 0.0364. The molecule has 0 radical (unpaired) electrons. The van der Waals surface area contributed by atoms with Gasteiger partial charge in [-0.15, -0.1) is 0 Å². The van der Waals surface area contributed by atoms with Crippen LogP contribution < -0.4 is 15.4 Å². The molecule has 0 spiro atoms. The first kappa shape index (κ1) is 18.3. The highest BCUT2D eigenvalue weighted by atomic mass is 16.5. The molecule has 0 fully saturated rings. The number of rotatable bonds is 7. The van der Waals surface area contributed by atoms with Gasteiger partial charge in [0.15, 0.2) is 0 Å². The van der Waals surface area contributed by atoms with Crippen LogP contribution >= 0.6 is 0 Å². The lowest BCUT2D eigenvalue weighted by Gasteiger charge is -2.28. The summed E-state index contributed by atoms with van der Waals surface area (Å²) in [6.07, 6.45) is 0.753. The third-order valence-electron chi connectivity index (χ3n) is 3.93. The van der Waals surface area contributed by atoms with E-state index in [4.69, 9.17) is 4.74 Å². The zero-order valence-electron chi connectivity index (χ0n) is 14.7. The summed E-state index contributed by atoms with van der Waals surface area (Å²) < 4.78 is 5.61. The second-order valence-electron chi connectivity index (χ2n) is 6.32. The van der Waals surface area contributed by atoms with Crippen LogP contribution in [0.3, 0.4) is 0 Å². The molecule has 1 aromatic rings. The molecule has 0 saturated carbocycles. The maximum absolute atomic E-state index is 12.4. The number of benzene rings is 1. The summed E-state index contributed by atoms with van der Waals surface area (Å²) in [4.78, 5) is 26.1. The Morgan fingerprint density at radius 3 is 2.67 bits per heavy atom. The van der Waals surface area contributed by atoms with Gasteiger partial charge in [0.1, 0.15) is 5.75 Å². The van der Waals surface area contributed by atoms with Crippen molar-refractivity contribution in [3.8, 4) is 5.75 Å². The molecule has 0 saturated heterocycles. The van der Waals surface area contributed by atoms with Gasteiger partial charge in [-0.3, -0.25) is 14.5 Å². The van der Waals surface area contributed by atoms with E-state index in [-0.39, 0.29) is 37.0 Å². The van der Waals surface area contributed by atoms with Gasteiger partial charge in [0.2, 0.25) is 11.8 Å². The van der Waals surface area contributed by atoms with Crippen LogP contribution in [0.1, 0.15) is 38.8 Å². The summed E-state index contributed by atoms with van der Waals surface area (Å²) in [6.45, 7) is 7.46. The van der Waals surface area contributed by atoms with E-state index >= 15 is 0 Å². The Balaban J connectivity index is 1.89. The summed E-state index contributed by atoms with van der Waals surface area (Å²) in [6, 6.07) is 7.83. The first-order valence-corrected chi connectivity index (χ1v) is 8.52. The maximum Gasteiger partial charge on any atom is 0.234 e. The molecule has 24 heavy (non-hydrogen) atoms. The third-order valence-corrected chi connectivity index (χ3v) is 3.93. The number of fused-ring (bicyclic) bond motifs is 1. The molecule has 2 rings (SSSR count). The van der Waals surface area contributed by atoms with Crippen LogP contribution in [0, 0.1) is 0 Å². The number of hydrogen-bond donors (Lipinski definition) is 2. The van der Waals surface area contributed by atoms with Crippen LogP contribution in [0.15, 0.2) is 24.3 Å². The average molecular weight is 333 g/mol. The topological polar surface area (TPSA) is 70.7 Å². The fourth-order valence-electron chi connectivity index (χ4n) is 2.79. The number of para-hydroxylation sites is 1. The highest BCUT2D eigenvalue weighted by Gasteiger charge is 2.23. The van der Waals surface area contributed by atoms with Gasteiger partial charge in [-0.1, -0.05) is 25.1 Å². The largest absolute Gasteiger partial charge is 0.493 e. The SMILES string of the molecule is CCN(CC(=O)NC(C)C)CC(=O)NC1CCOc2ccccc21. The lowest BCUT2D eigenvalue weighted by molar-refractivity contribution is -0.125. The fraction of sp³-hybridized carbons (Fsp3) is 0.556. The van der Waals surface area contributed by atoms with E-state index in [2.05, 4.69) is 10.6 Å². The Labute approximate surface area is 143 Å². The summed E-state index contributed by atoms with van der Waals surface area (Å²) >= 11 is 0. The van der Waals surface area contributed by atoms with Crippen LogP contribution in [0.5, 0.6) is 5.75 Å². The van der Waals surface area contributed by atoms with Crippen molar-refractivity contribution in [2.24, 2.45) is 0 Å². The van der Waals surface area contributed by atoms with Crippen molar-refractivity contribution in [2.75, 3.05) is 26.2 Å². The van der Waals surface area contributed by atoms with E-state index in [9.17, 15) is 9.59 Å². The highest BCUT2D eigenvalue weighted by Crippen LogP contribution is 2.31. The van der Waals surface area contributed by atoms with E-state index in [0.717, 1.165) is 17.7 Å². The second-order valence-corrected chi connectivity index (χ2v) is 6.32. The molecule has 1 aliphatic heterocycles. The molecule has 1 atom stereocenters. The first-order valence-electron chi connectivity index (χ1n) is 8.52. The van der Waals surface area contributed by atoms with Gasteiger partial charge in [-0.05, 0) is 26.5 Å². The van der Waals surface area contributed by atoms with Crippen molar-refractivity contribution in [2.45, 2.75) is 39.3 Å². The zero-order valence-corrected chi connectivity index (χ0v) is 14.7. The number of nitrogens with one attached hydrogen (secondary N) is 2. The lowest BCUT2D eigenvalue weighted by atomic mass is 10.0. The molecule has 1 aromatic carbocycles. The molecule has 2 N–H and O–H groups in total. The Morgan fingerprint density at radius 2 is 1.96 bits per heavy atom. The maximum atomic E-state index is 12.4. The van der Waals surface area contributed by atoms with Gasteiger partial charge in [0, 0.05) is 18.0 Å². The zero-order chi connectivity index (χ0) is 17.5. The summed E-state index contributed by atoms with van der Waals surface area (Å²) in [5.41, 5.74) is 1.01. The Morgan fingerprint density at radius 1 is 1.25 bits per heavy atom. The van der Waals surface area contributed by atoms with Crippen molar-refractivity contribution >= 4 is 11.8 Å². The molecule has 1 aliphatic rings. The fourth-order valence-corrected chi connectivity index (χ4v) is 2.79. The van der Waals surface area contributed by atoms with Crippen LogP contribution in [0.2, 0.25) is 0 Å². The average Bonchev–Trinajstić information content (AvgIpc) is 2.53. The number of amides is 2. The summed E-state index contributed by atoms with van der Waals surface area (Å²) in [5.74, 6) is 0.699. The number of carbonyl (C=O) groups excluding carboxylic acids is 2. The molecule has 132 valence electrons. The predicted molar refractivity (Wildman–Crippen MR) is 92.8 cm³/mol. The molecule has 2 amide bonds. The van der Waals surface area contributed by atoms with Crippen LogP contribution in [-0.2, 0) is 9.59 Å². The van der Waals surface area contributed by atoms with E-state index < -0.39 is 0 Å².